The average Bonchev–Trinajstić information content (AvgIpc) is 3.62. The molecule has 0 radical (unpaired) electrons. The number of hydrogen-bond acceptors (Lipinski definition) is 7. The smallest absolute Gasteiger partial charge is 0.338 e. The summed E-state index contributed by atoms with van der Waals surface area (Å²) in [6, 6.07) is 39.4. The summed E-state index contributed by atoms with van der Waals surface area (Å²) in [5, 5.41) is 14.4. The molecule has 1 heterocycles. The Morgan fingerprint density at radius 1 is 0.684 bits per heavy atom. The van der Waals surface area contributed by atoms with Crippen molar-refractivity contribution in [1.29, 1.82) is 0 Å². The molecule has 6 aromatic carbocycles. The van der Waals surface area contributed by atoms with Crippen LogP contribution in [0.2, 0.25) is 0 Å². The molecule has 0 amide bonds. The summed E-state index contributed by atoms with van der Waals surface area (Å²) in [5.74, 6) is -1.26. The Bertz CT molecular complexity index is 2460. The van der Waals surface area contributed by atoms with Gasteiger partial charge in [0.2, 0.25) is 0 Å². The van der Waals surface area contributed by atoms with Crippen molar-refractivity contribution in [1.82, 2.24) is 0 Å². The Hall–Kier alpha value is -6.38. The van der Waals surface area contributed by atoms with Crippen molar-refractivity contribution in [3.8, 4) is 0 Å². The van der Waals surface area contributed by atoms with Crippen LogP contribution in [0.15, 0.2) is 176 Å². The first kappa shape index (κ1) is 41.8. The number of carbonyl (C=O) groups is 3. The molecule has 290 valence electrons. The molecule has 0 aromatic heterocycles. The van der Waals surface area contributed by atoms with Crippen molar-refractivity contribution in [3.05, 3.63) is 193 Å². The van der Waals surface area contributed by atoms with E-state index in [9.17, 15) is 14.4 Å². The van der Waals surface area contributed by atoms with Gasteiger partial charge in [0, 0.05) is 6.42 Å². The Balaban J connectivity index is 0.000000346. The summed E-state index contributed by atoms with van der Waals surface area (Å²) in [4.78, 5) is 36.9. The first-order valence-electron chi connectivity index (χ1n) is 18.7. The van der Waals surface area contributed by atoms with Crippen molar-refractivity contribution in [2.45, 2.75) is 44.0 Å². The van der Waals surface area contributed by atoms with Gasteiger partial charge in [-0.25, -0.2) is 14.4 Å². The van der Waals surface area contributed by atoms with Crippen LogP contribution in [-0.4, -0.2) is 46.4 Å². The van der Waals surface area contributed by atoms with Gasteiger partial charge in [0.25, 0.3) is 0 Å². The predicted octanol–water partition coefficient (Wildman–Crippen LogP) is 12.0. The minimum atomic E-state index is -0.884. The van der Waals surface area contributed by atoms with Crippen molar-refractivity contribution < 1.29 is 33.7 Å². The molecule has 0 spiro atoms. The fraction of sp³-hybridized carbons (Fsp3) is 0.163. The van der Waals surface area contributed by atoms with Crippen LogP contribution in [-0.2, 0) is 14.2 Å². The maximum absolute atomic E-state index is 13.2. The fourth-order valence-electron chi connectivity index (χ4n) is 6.10. The number of aromatic carboxylic acids is 1. The lowest BCUT2D eigenvalue weighted by molar-refractivity contribution is 0.0166. The van der Waals surface area contributed by atoms with Gasteiger partial charge in [0.15, 0.2) is 0 Å². The molecule has 7 rings (SSSR count). The minimum Gasteiger partial charge on any atom is -0.480 e. The van der Waals surface area contributed by atoms with Crippen LogP contribution < -0.4 is 0 Å². The zero-order valence-electron chi connectivity index (χ0n) is 32.4. The summed E-state index contributed by atoms with van der Waals surface area (Å²) in [7, 11) is 0. The average molecular weight is 779 g/mol. The second kappa shape index (κ2) is 20.0. The van der Waals surface area contributed by atoms with Crippen LogP contribution in [0.25, 0.3) is 32.3 Å². The number of rotatable bonds is 11. The SMILES string of the molecule is C=CC(=C)/C=C(\C)C(=C)OC1C[C@@H](OC(=O)c2ccc3ccccc3c2)[C@@H](COC(=O)c2ccc3ccccc3c2)S1.CC.O=C(O)c1ccc2ccccc2c1. The Kier molecular flexibility index (Phi) is 14.6. The number of carbonyl (C=O) groups excluding carboxylic acids is 2. The van der Waals surface area contributed by atoms with Gasteiger partial charge in [-0.3, -0.25) is 0 Å². The number of thioether (sulfide) groups is 1. The molecular formula is C49H46O7S. The lowest BCUT2D eigenvalue weighted by atomic mass is 10.1. The van der Waals surface area contributed by atoms with Crippen LogP contribution in [0, 0.1) is 0 Å². The third kappa shape index (κ3) is 11.1. The number of ether oxygens (including phenoxy) is 3. The quantitative estimate of drug-likeness (QED) is 0.0788. The van der Waals surface area contributed by atoms with E-state index in [1.54, 1.807) is 30.3 Å². The molecule has 1 saturated heterocycles. The van der Waals surface area contributed by atoms with Gasteiger partial charge in [-0.1, -0.05) is 131 Å². The number of esters is 2. The highest BCUT2D eigenvalue weighted by molar-refractivity contribution is 8.00. The van der Waals surface area contributed by atoms with Gasteiger partial charge in [0.05, 0.1) is 21.9 Å². The second-order valence-corrected chi connectivity index (χ2v) is 14.4. The zero-order valence-corrected chi connectivity index (χ0v) is 33.2. The molecule has 0 bridgehead atoms. The number of carboxylic acid groups (broad SMARTS) is 1. The van der Waals surface area contributed by atoms with E-state index in [0.717, 1.165) is 43.5 Å². The molecule has 7 nitrogen and oxygen atoms in total. The molecule has 3 atom stereocenters. The summed E-state index contributed by atoms with van der Waals surface area (Å²) >= 11 is 1.46. The molecule has 1 aliphatic heterocycles. The third-order valence-corrected chi connectivity index (χ3v) is 10.5. The number of carboxylic acids is 1. The summed E-state index contributed by atoms with van der Waals surface area (Å²) in [5.41, 5.74) is 2.47. The van der Waals surface area contributed by atoms with Crippen LogP contribution in [0.3, 0.4) is 0 Å². The van der Waals surface area contributed by atoms with E-state index in [-0.39, 0.29) is 17.3 Å². The van der Waals surface area contributed by atoms with Crippen molar-refractivity contribution in [2.75, 3.05) is 6.61 Å². The molecule has 1 unspecified atom stereocenters. The lowest BCUT2D eigenvalue weighted by Crippen LogP contribution is -2.29. The van der Waals surface area contributed by atoms with E-state index in [0.29, 0.717) is 28.9 Å². The molecule has 1 aliphatic rings. The number of allylic oxidation sites excluding steroid dienone is 4. The number of benzene rings is 6. The molecule has 0 aliphatic carbocycles. The maximum atomic E-state index is 13.2. The predicted molar refractivity (Wildman–Crippen MR) is 233 cm³/mol. The molecule has 1 fully saturated rings. The van der Waals surface area contributed by atoms with E-state index in [2.05, 4.69) is 19.7 Å². The van der Waals surface area contributed by atoms with Gasteiger partial charge >= 0.3 is 17.9 Å². The molecule has 8 heteroatoms. The van der Waals surface area contributed by atoms with Crippen LogP contribution in [0.1, 0.15) is 58.3 Å². The molecule has 0 saturated carbocycles. The Labute approximate surface area is 338 Å². The van der Waals surface area contributed by atoms with E-state index < -0.39 is 24.0 Å². The zero-order chi connectivity index (χ0) is 40.9. The van der Waals surface area contributed by atoms with E-state index >= 15 is 0 Å². The minimum absolute atomic E-state index is 0.0560. The van der Waals surface area contributed by atoms with E-state index in [1.807, 2.05) is 130 Å². The van der Waals surface area contributed by atoms with Gasteiger partial charge in [-0.05, 0) is 92.9 Å². The Morgan fingerprint density at radius 2 is 1.14 bits per heavy atom. The highest BCUT2D eigenvalue weighted by Gasteiger charge is 2.40. The van der Waals surface area contributed by atoms with Gasteiger partial charge in [-0.15, -0.1) is 11.8 Å². The first-order chi connectivity index (χ1) is 27.6. The topological polar surface area (TPSA) is 99.1 Å². The lowest BCUT2D eigenvalue weighted by Gasteiger charge is -2.19. The molecule has 1 N–H and O–H groups in total. The van der Waals surface area contributed by atoms with Crippen molar-refractivity contribution >= 4 is 62.0 Å². The standard InChI is InChI=1S/C36H32O5S.C11H8O2.C2H6/c1-5-23(2)18-24(3)25(4)40-34-21-32(41-36(38)31-17-15-27-11-7-9-13-29(27)20-31)33(42-34)22-39-35(37)30-16-14-26-10-6-8-12-28(26)19-30;12-11(13)10-6-5-8-3-1-2-4-9(8)7-10;1-2/h5-20,32-34H,1-2,4,21-22H2,3H3;1-7H,(H,12,13);1-2H3/b24-18+;;/t32-,33-,34?;;/m1../s1. The number of fused-ring (bicyclic) bond motifs is 3. The van der Waals surface area contributed by atoms with Crippen LogP contribution in [0.5, 0.6) is 0 Å². The monoisotopic (exact) mass is 778 g/mol. The maximum Gasteiger partial charge on any atom is 0.338 e. The Morgan fingerprint density at radius 3 is 1.63 bits per heavy atom. The molecule has 57 heavy (non-hydrogen) atoms. The van der Waals surface area contributed by atoms with E-state index in [1.165, 1.54) is 11.8 Å². The second-order valence-electron chi connectivity index (χ2n) is 13.0. The number of hydrogen-bond donors (Lipinski definition) is 1. The highest BCUT2D eigenvalue weighted by atomic mass is 32.2. The molecular weight excluding hydrogens is 733 g/mol. The highest BCUT2D eigenvalue weighted by Crippen LogP contribution is 2.39. The van der Waals surface area contributed by atoms with Gasteiger partial charge < -0.3 is 19.3 Å². The van der Waals surface area contributed by atoms with Crippen molar-refractivity contribution in [2.24, 2.45) is 0 Å². The summed E-state index contributed by atoms with van der Waals surface area (Å²) in [6.45, 7) is 17.6. The largest absolute Gasteiger partial charge is 0.480 e. The van der Waals surface area contributed by atoms with Crippen LogP contribution in [0.4, 0.5) is 0 Å². The summed E-state index contributed by atoms with van der Waals surface area (Å²) < 4.78 is 17.9. The summed E-state index contributed by atoms with van der Waals surface area (Å²) in [6.07, 6.45) is 3.37. The first-order valence-corrected chi connectivity index (χ1v) is 19.6. The van der Waals surface area contributed by atoms with Crippen LogP contribution >= 0.6 is 11.8 Å². The van der Waals surface area contributed by atoms with Gasteiger partial charge in [0.1, 0.15) is 23.9 Å². The van der Waals surface area contributed by atoms with Gasteiger partial charge in [-0.2, -0.15) is 0 Å². The van der Waals surface area contributed by atoms with E-state index in [4.69, 9.17) is 19.3 Å². The van der Waals surface area contributed by atoms with Crippen molar-refractivity contribution in [3.63, 3.8) is 0 Å². The normalized spacial score (nSPS) is 16.0. The third-order valence-electron chi connectivity index (χ3n) is 9.15. The molecule has 6 aromatic rings. The fourth-order valence-corrected chi connectivity index (χ4v) is 7.45.